The number of para-hydroxylation sites is 1. The highest BCUT2D eigenvalue weighted by atomic mass is 35.5. The number of aryl methyl sites for hydroxylation is 2. The van der Waals surface area contributed by atoms with E-state index in [4.69, 9.17) is 0 Å². The van der Waals surface area contributed by atoms with Crippen LogP contribution in [0.5, 0.6) is 0 Å². The van der Waals surface area contributed by atoms with Crippen LogP contribution in [-0.4, -0.2) is 27.5 Å². The molecule has 34 heavy (non-hydrogen) atoms. The fourth-order valence-electron chi connectivity index (χ4n) is 5.68. The maximum atomic E-state index is 4.18. The summed E-state index contributed by atoms with van der Waals surface area (Å²) in [6.07, 6.45) is 2.57. The van der Waals surface area contributed by atoms with Gasteiger partial charge < -0.3 is 17.0 Å². The molecule has 1 aliphatic rings. The molecule has 1 atom stereocenters. The van der Waals surface area contributed by atoms with E-state index < -0.39 is 7.56 Å². The topological polar surface area (TPSA) is 20.2 Å². The van der Waals surface area contributed by atoms with Crippen molar-refractivity contribution in [1.29, 1.82) is 0 Å². The summed E-state index contributed by atoms with van der Waals surface area (Å²) in [5.74, 6) is 0. The van der Waals surface area contributed by atoms with Crippen molar-refractivity contribution in [2.75, 3.05) is 18.2 Å². The van der Waals surface area contributed by atoms with Crippen LogP contribution in [0.4, 0.5) is 5.69 Å². The number of fused-ring (bicyclic) bond motifs is 3. The summed E-state index contributed by atoms with van der Waals surface area (Å²) in [5, 5.41) is 8.47. The third-order valence-corrected chi connectivity index (χ3v) is 12.1. The molecule has 0 saturated carbocycles. The molecule has 2 heterocycles. The predicted octanol–water partition coefficient (Wildman–Crippen LogP) is 4.61. The van der Waals surface area contributed by atoms with Crippen molar-refractivity contribution in [2.45, 2.75) is 59.2 Å². The summed E-state index contributed by atoms with van der Waals surface area (Å²) < 4.78 is 5.25. The van der Waals surface area contributed by atoms with Gasteiger partial charge in [0.2, 0.25) is 7.56 Å². The molecule has 180 valence electrons. The molecule has 0 bridgehead atoms. The SMILES string of the molecule is CCn1c2ccccc2c2cc([P+](Nc3ccc(C)cc3)(N3CCCC3)C(C)(C)C)ccc21.[Cl-]. The van der Waals surface area contributed by atoms with E-state index in [1.165, 1.54) is 64.3 Å². The first-order valence-electron chi connectivity index (χ1n) is 12.4. The van der Waals surface area contributed by atoms with Gasteiger partial charge in [-0.2, -0.15) is 4.67 Å². The van der Waals surface area contributed by atoms with Gasteiger partial charge in [-0.25, -0.2) is 5.09 Å². The maximum Gasteiger partial charge on any atom is 0.209 e. The van der Waals surface area contributed by atoms with Gasteiger partial charge in [-0.1, -0.05) is 35.9 Å². The number of halogens is 1. The molecule has 0 spiro atoms. The fraction of sp³-hybridized carbons (Fsp3) is 0.379. The highest BCUT2D eigenvalue weighted by Crippen LogP contribution is 2.70. The smallest absolute Gasteiger partial charge is 0.209 e. The van der Waals surface area contributed by atoms with Gasteiger partial charge in [-0.3, -0.25) is 0 Å². The first kappa shape index (κ1) is 25.0. The van der Waals surface area contributed by atoms with E-state index in [9.17, 15) is 0 Å². The van der Waals surface area contributed by atoms with Gasteiger partial charge in [0.05, 0.1) is 5.69 Å². The molecule has 1 fully saturated rings. The Labute approximate surface area is 211 Å². The van der Waals surface area contributed by atoms with Crippen molar-refractivity contribution in [3.63, 3.8) is 0 Å². The average molecular weight is 494 g/mol. The Morgan fingerprint density at radius 3 is 2.15 bits per heavy atom. The van der Waals surface area contributed by atoms with Crippen LogP contribution in [0.2, 0.25) is 0 Å². The van der Waals surface area contributed by atoms with Gasteiger partial charge >= 0.3 is 0 Å². The Hall–Kier alpha value is -2.06. The zero-order valence-corrected chi connectivity index (χ0v) is 22.8. The molecule has 4 aromatic rings. The van der Waals surface area contributed by atoms with Gasteiger partial charge in [0, 0.05) is 41.4 Å². The number of anilines is 1. The number of nitrogens with zero attached hydrogens (tertiary/aromatic N) is 2. The van der Waals surface area contributed by atoms with Crippen LogP contribution in [0, 0.1) is 6.92 Å². The van der Waals surface area contributed by atoms with Crippen LogP contribution in [0.15, 0.2) is 66.7 Å². The lowest BCUT2D eigenvalue weighted by molar-refractivity contribution is -0.00000702. The second kappa shape index (κ2) is 9.53. The third kappa shape index (κ3) is 4.02. The van der Waals surface area contributed by atoms with E-state index in [1.54, 1.807) is 0 Å². The standard InChI is InChI=1S/C29H37N3P.ClH/c1-6-32-27-12-8-7-11-25(27)26-21-24(17-18-28(26)32)33(29(3,4)5,31-19-9-10-20-31)30-23-15-13-22(2)14-16-23;/h7-8,11-18,21,30H,6,9-10,19-20H2,1-5H3;1H/q+1;/p-1. The van der Waals surface area contributed by atoms with Gasteiger partial charge in [0.25, 0.3) is 0 Å². The van der Waals surface area contributed by atoms with E-state index in [2.05, 4.69) is 116 Å². The quantitative estimate of drug-likeness (QED) is 0.410. The highest BCUT2D eigenvalue weighted by Gasteiger charge is 2.58. The molecule has 1 aromatic heterocycles. The third-order valence-electron chi connectivity index (χ3n) is 7.27. The molecule has 1 aliphatic heterocycles. The first-order chi connectivity index (χ1) is 15.8. The zero-order chi connectivity index (χ0) is 23.2. The number of aromatic nitrogens is 1. The largest absolute Gasteiger partial charge is 1.00 e. The Bertz CT molecular complexity index is 1280. The minimum Gasteiger partial charge on any atom is -1.00 e. The summed E-state index contributed by atoms with van der Waals surface area (Å²) in [6.45, 7) is 15.0. The van der Waals surface area contributed by atoms with Gasteiger partial charge in [-0.05, 0) is 83.9 Å². The zero-order valence-electron chi connectivity index (χ0n) is 21.1. The van der Waals surface area contributed by atoms with Crippen molar-refractivity contribution in [2.24, 2.45) is 0 Å². The molecule has 5 rings (SSSR count). The summed E-state index contributed by atoms with van der Waals surface area (Å²) in [4.78, 5) is 0. The molecule has 0 amide bonds. The van der Waals surface area contributed by atoms with Crippen molar-refractivity contribution in [3.05, 3.63) is 72.3 Å². The molecular weight excluding hydrogens is 457 g/mol. The van der Waals surface area contributed by atoms with Gasteiger partial charge in [0.15, 0.2) is 0 Å². The molecule has 0 aliphatic carbocycles. The van der Waals surface area contributed by atoms with Crippen LogP contribution in [0.1, 0.15) is 46.1 Å². The van der Waals surface area contributed by atoms with E-state index in [-0.39, 0.29) is 17.6 Å². The minimum atomic E-state index is -1.92. The highest BCUT2D eigenvalue weighted by molar-refractivity contribution is 7.83. The number of hydrogen-bond donors (Lipinski definition) is 1. The van der Waals surface area contributed by atoms with Crippen LogP contribution in [0.3, 0.4) is 0 Å². The molecular formula is C29H37ClN3P. The molecule has 3 aromatic carbocycles. The molecule has 3 nitrogen and oxygen atoms in total. The fourth-order valence-corrected chi connectivity index (χ4v) is 10.2. The number of rotatable bonds is 5. The number of hydrogen-bond acceptors (Lipinski definition) is 2. The van der Waals surface area contributed by atoms with Crippen molar-refractivity contribution >= 4 is 40.4 Å². The Kier molecular flexibility index (Phi) is 7.02. The van der Waals surface area contributed by atoms with E-state index in [0.717, 1.165) is 6.54 Å². The lowest BCUT2D eigenvalue weighted by Gasteiger charge is -2.43. The van der Waals surface area contributed by atoms with Crippen molar-refractivity contribution < 1.29 is 12.4 Å². The average Bonchev–Trinajstić information content (AvgIpc) is 3.44. The number of benzene rings is 3. The van der Waals surface area contributed by atoms with Gasteiger partial charge in [-0.15, -0.1) is 0 Å². The Morgan fingerprint density at radius 2 is 1.50 bits per heavy atom. The Morgan fingerprint density at radius 1 is 0.853 bits per heavy atom. The predicted molar refractivity (Wildman–Crippen MR) is 147 cm³/mol. The first-order valence-corrected chi connectivity index (χ1v) is 14.1. The van der Waals surface area contributed by atoms with Crippen molar-refractivity contribution in [3.8, 4) is 0 Å². The summed E-state index contributed by atoms with van der Waals surface area (Å²) in [6, 6.07) is 25.2. The number of nitrogens with one attached hydrogen (secondary N) is 1. The van der Waals surface area contributed by atoms with Crippen molar-refractivity contribution in [1.82, 2.24) is 9.24 Å². The second-order valence-corrected chi connectivity index (χ2v) is 14.3. The van der Waals surface area contributed by atoms with Crippen LogP contribution >= 0.6 is 7.56 Å². The van der Waals surface area contributed by atoms with E-state index in [0.29, 0.717) is 0 Å². The summed E-state index contributed by atoms with van der Waals surface area (Å²) in [7, 11) is -1.92. The molecule has 1 N–H and O–H groups in total. The summed E-state index contributed by atoms with van der Waals surface area (Å²) in [5.41, 5.74) is 5.20. The lowest BCUT2D eigenvalue weighted by atomic mass is 10.1. The monoisotopic (exact) mass is 493 g/mol. The van der Waals surface area contributed by atoms with Crippen LogP contribution < -0.4 is 22.8 Å². The molecule has 5 heteroatoms. The molecule has 1 saturated heterocycles. The second-order valence-electron chi connectivity index (χ2n) is 10.4. The Balaban J connectivity index is 0.00000274. The van der Waals surface area contributed by atoms with Crippen LogP contribution in [0.25, 0.3) is 21.8 Å². The molecule has 1 unspecified atom stereocenters. The van der Waals surface area contributed by atoms with Gasteiger partial charge in [0.1, 0.15) is 10.5 Å². The maximum absolute atomic E-state index is 4.18. The minimum absolute atomic E-state index is 0. The normalized spacial score (nSPS) is 16.5. The van der Waals surface area contributed by atoms with E-state index in [1.807, 2.05) is 0 Å². The summed E-state index contributed by atoms with van der Waals surface area (Å²) >= 11 is 0. The van der Waals surface area contributed by atoms with Crippen LogP contribution in [-0.2, 0) is 6.54 Å². The van der Waals surface area contributed by atoms with E-state index >= 15 is 0 Å². The lowest BCUT2D eigenvalue weighted by Crippen LogP contribution is -3.00. The molecule has 0 radical (unpaired) electrons.